The Balaban J connectivity index is 2.35. The molecule has 0 bridgehead atoms. The number of aromatic nitrogens is 1. The summed E-state index contributed by atoms with van der Waals surface area (Å²) in [4.78, 5) is 3.63. The largest absolute Gasteiger partial charge is 0.416 e. The molecule has 0 amide bonds. The van der Waals surface area contributed by atoms with Crippen molar-refractivity contribution in [3.8, 4) is 0 Å². The predicted molar refractivity (Wildman–Crippen MR) is 81.2 cm³/mol. The van der Waals surface area contributed by atoms with Crippen molar-refractivity contribution in [1.29, 1.82) is 0 Å². The highest BCUT2D eigenvalue weighted by molar-refractivity contribution is 7.89. The molecular formula is C14H14F3N3O3S. The Morgan fingerprint density at radius 3 is 2.58 bits per heavy atom. The van der Waals surface area contributed by atoms with Crippen LogP contribution in [0.1, 0.15) is 5.56 Å². The minimum Gasteiger partial charge on any atom is -0.395 e. The zero-order valence-electron chi connectivity index (χ0n) is 12.2. The van der Waals surface area contributed by atoms with Crippen LogP contribution in [0, 0.1) is 0 Å². The van der Waals surface area contributed by atoms with E-state index < -0.39 is 28.4 Å². The van der Waals surface area contributed by atoms with Crippen LogP contribution in [0.2, 0.25) is 0 Å². The molecule has 0 radical (unpaired) electrons. The van der Waals surface area contributed by atoms with Crippen LogP contribution in [0.15, 0.2) is 47.5 Å². The summed E-state index contributed by atoms with van der Waals surface area (Å²) in [5.41, 5.74) is -0.826. The molecule has 1 aromatic heterocycles. The van der Waals surface area contributed by atoms with Crippen LogP contribution in [0.25, 0.3) is 0 Å². The van der Waals surface area contributed by atoms with Gasteiger partial charge in [0.25, 0.3) is 0 Å². The van der Waals surface area contributed by atoms with Crippen molar-refractivity contribution in [3.05, 3.63) is 48.2 Å². The van der Waals surface area contributed by atoms with E-state index >= 15 is 0 Å². The normalized spacial score (nSPS) is 12.2. The molecule has 6 nitrogen and oxygen atoms in total. The maximum absolute atomic E-state index is 12.7. The van der Waals surface area contributed by atoms with Gasteiger partial charge in [-0.15, -0.1) is 0 Å². The number of rotatable bonds is 6. The number of aliphatic hydroxyl groups excluding tert-OH is 1. The van der Waals surface area contributed by atoms with Gasteiger partial charge in [0.15, 0.2) is 5.82 Å². The lowest BCUT2D eigenvalue weighted by atomic mass is 10.2. The summed E-state index contributed by atoms with van der Waals surface area (Å²) in [6, 6.07) is 6.96. The molecule has 2 aromatic rings. The van der Waals surface area contributed by atoms with E-state index in [1.807, 2.05) is 0 Å². The number of pyridine rings is 1. The summed E-state index contributed by atoms with van der Waals surface area (Å²) in [7, 11) is -3.97. The van der Waals surface area contributed by atoms with Crippen molar-refractivity contribution in [1.82, 2.24) is 9.71 Å². The Morgan fingerprint density at radius 1 is 1.17 bits per heavy atom. The Kier molecular flexibility index (Phi) is 5.42. The molecule has 0 fully saturated rings. The Bertz CT molecular complexity index is 810. The number of anilines is 2. The van der Waals surface area contributed by atoms with Gasteiger partial charge in [-0.25, -0.2) is 18.1 Å². The predicted octanol–water partition coefficient (Wildman–Crippen LogP) is 2.11. The molecule has 0 aliphatic carbocycles. The second-order valence-corrected chi connectivity index (χ2v) is 6.41. The number of alkyl halides is 3. The van der Waals surface area contributed by atoms with Crippen molar-refractivity contribution in [2.75, 3.05) is 18.5 Å². The molecule has 0 aliphatic rings. The number of nitrogens with zero attached hydrogens (tertiary/aromatic N) is 1. The molecule has 130 valence electrons. The maximum Gasteiger partial charge on any atom is 0.416 e. The molecule has 10 heteroatoms. The minimum atomic E-state index is -4.51. The standard InChI is InChI=1S/C14H14F3N3O3S/c15-14(16,17)10-3-1-4-11(9-10)20-13-12(5-2-6-18-13)24(22,23)19-7-8-21/h1-6,9,19,21H,7-8H2,(H,18,20). The van der Waals surface area contributed by atoms with E-state index in [-0.39, 0.29) is 22.9 Å². The van der Waals surface area contributed by atoms with Gasteiger partial charge in [-0.3, -0.25) is 0 Å². The summed E-state index contributed by atoms with van der Waals surface area (Å²) in [5, 5.41) is 11.3. The van der Waals surface area contributed by atoms with Crippen molar-refractivity contribution in [2.45, 2.75) is 11.1 Å². The Labute approximate surface area is 136 Å². The quantitative estimate of drug-likeness (QED) is 0.733. The minimum absolute atomic E-state index is 0.0436. The van der Waals surface area contributed by atoms with E-state index in [4.69, 9.17) is 5.11 Å². The fraction of sp³-hybridized carbons (Fsp3) is 0.214. The highest BCUT2D eigenvalue weighted by atomic mass is 32.2. The number of benzene rings is 1. The number of nitrogens with one attached hydrogen (secondary N) is 2. The van der Waals surface area contributed by atoms with Crippen LogP contribution in [0.5, 0.6) is 0 Å². The second kappa shape index (κ2) is 7.16. The van der Waals surface area contributed by atoms with Crippen LogP contribution < -0.4 is 10.0 Å². The van der Waals surface area contributed by atoms with Gasteiger partial charge in [0.2, 0.25) is 10.0 Å². The van der Waals surface area contributed by atoms with Crippen LogP contribution in [0.3, 0.4) is 0 Å². The first-order valence-corrected chi connectivity index (χ1v) is 8.22. The lowest BCUT2D eigenvalue weighted by molar-refractivity contribution is -0.137. The van der Waals surface area contributed by atoms with E-state index in [1.54, 1.807) is 0 Å². The molecule has 1 aromatic carbocycles. The van der Waals surface area contributed by atoms with Crippen molar-refractivity contribution >= 4 is 21.5 Å². The molecule has 0 aliphatic heterocycles. The maximum atomic E-state index is 12.7. The molecule has 1 heterocycles. The summed E-state index contributed by atoms with van der Waals surface area (Å²) in [6.07, 6.45) is -3.21. The number of hydrogen-bond acceptors (Lipinski definition) is 5. The lowest BCUT2D eigenvalue weighted by Gasteiger charge is -2.13. The first-order chi connectivity index (χ1) is 11.2. The van der Waals surface area contributed by atoms with Crippen LogP contribution >= 0.6 is 0 Å². The average molecular weight is 361 g/mol. The highest BCUT2D eigenvalue weighted by Crippen LogP contribution is 2.31. The van der Waals surface area contributed by atoms with Gasteiger partial charge in [0, 0.05) is 18.4 Å². The summed E-state index contributed by atoms with van der Waals surface area (Å²) in [6.45, 7) is -0.587. The topological polar surface area (TPSA) is 91.3 Å². The Morgan fingerprint density at radius 2 is 1.92 bits per heavy atom. The third-order valence-electron chi connectivity index (χ3n) is 2.92. The van der Waals surface area contributed by atoms with Gasteiger partial charge in [-0.05, 0) is 30.3 Å². The zero-order chi connectivity index (χ0) is 17.8. The second-order valence-electron chi connectivity index (χ2n) is 4.68. The molecule has 0 atom stereocenters. The van der Waals surface area contributed by atoms with E-state index in [0.717, 1.165) is 12.1 Å². The SMILES string of the molecule is O=S(=O)(NCCO)c1cccnc1Nc1cccc(C(F)(F)F)c1. The van der Waals surface area contributed by atoms with Crippen LogP contribution in [-0.2, 0) is 16.2 Å². The third-order valence-corrected chi connectivity index (χ3v) is 4.41. The summed E-state index contributed by atoms with van der Waals surface area (Å²) < 4.78 is 64.7. The fourth-order valence-electron chi connectivity index (χ4n) is 1.87. The summed E-state index contributed by atoms with van der Waals surface area (Å²) in [5.74, 6) is -0.123. The average Bonchev–Trinajstić information content (AvgIpc) is 2.53. The van der Waals surface area contributed by atoms with Gasteiger partial charge >= 0.3 is 6.18 Å². The molecule has 0 saturated heterocycles. The Hall–Kier alpha value is -2.17. The number of halogens is 3. The lowest BCUT2D eigenvalue weighted by Crippen LogP contribution is -2.27. The number of hydrogen-bond donors (Lipinski definition) is 3. The monoisotopic (exact) mass is 361 g/mol. The number of sulfonamides is 1. The zero-order valence-corrected chi connectivity index (χ0v) is 13.0. The van der Waals surface area contributed by atoms with Crippen LogP contribution in [0.4, 0.5) is 24.7 Å². The highest BCUT2D eigenvalue weighted by Gasteiger charge is 2.30. The first kappa shape index (κ1) is 18.2. The molecular weight excluding hydrogens is 347 g/mol. The smallest absolute Gasteiger partial charge is 0.395 e. The third kappa shape index (κ3) is 4.43. The van der Waals surface area contributed by atoms with E-state index in [1.165, 1.54) is 30.5 Å². The van der Waals surface area contributed by atoms with E-state index in [2.05, 4.69) is 15.0 Å². The van der Waals surface area contributed by atoms with Gasteiger partial charge < -0.3 is 10.4 Å². The molecule has 0 saturated carbocycles. The van der Waals surface area contributed by atoms with Gasteiger partial charge in [0.05, 0.1) is 12.2 Å². The van der Waals surface area contributed by atoms with Gasteiger partial charge in [0.1, 0.15) is 4.90 Å². The van der Waals surface area contributed by atoms with Crippen molar-refractivity contribution < 1.29 is 26.7 Å². The van der Waals surface area contributed by atoms with E-state index in [0.29, 0.717) is 0 Å². The van der Waals surface area contributed by atoms with Gasteiger partial charge in [-0.2, -0.15) is 13.2 Å². The molecule has 0 spiro atoms. The van der Waals surface area contributed by atoms with Crippen LogP contribution in [-0.4, -0.2) is 31.7 Å². The van der Waals surface area contributed by atoms with Crippen molar-refractivity contribution in [3.63, 3.8) is 0 Å². The first-order valence-electron chi connectivity index (χ1n) is 6.74. The van der Waals surface area contributed by atoms with E-state index in [9.17, 15) is 21.6 Å². The molecule has 2 rings (SSSR count). The van der Waals surface area contributed by atoms with Crippen molar-refractivity contribution in [2.24, 2.45) is 0 Å². The fourth-order valence-corrected chi connectivity index (χ4v) is 3.00. The molecule has 3 N–H and O–H groups in total. The molecule has 24 heavy (non-hydrogen) atoms. The van der Waals surface area contributed by atoms with Gasteiger partial charge in [-0.1, -0.05) is 6.07 Å². The summed E-state index contributed by atoms with van der Waals surface area (Å²) >= 11 is 0. The number of aliphatic hydroxyl groups is 1. The molecule has 0 unspecified atom stereocenters.